The second-order valence-corrected chi connectivity index (χ2v) is 6.18. The van der Waals surface area contributed by atoms with Crippen LogP contribution in [0.15, 0.2) is 37.2 Å². The number of aliphatic hydroxyl groups excluding tert-OH is 1. The molecule has 3 aromatic heterocycles. The van der Waals surface area contributed by atoms with Gasteiger partial charge in [-0.05, 0) is 24.5 Å². The summed E-state index contributed by atoms with van der Waals surface area (Å²) < 4.78 is 2.00. The summed E-state index contributed by atoms with van der Waals surface area (Å²) in [6.07, 6.45) is 10.5. The normalized spacial score (nSPS) is 21.0. The summed E-state index contributed by atoms with van der Waals surface area (Å²) in [5.74, 6) is 0.702. The molecule has 0 unspecified atom stereocenters. The van der Waals surface area contributed by atoms with Crippen LogP contribution in [0.1, 0.15) is 37.3 Å². The van der Waals surface area contributed by atoms with Crippen molar-refractivity contribution in [3.8, 4) is 0 Å². The molecule has 1 aliphatic rings. The van der Waals surface area contributed by atoms with E-state index in [4.69, 9.17) is 0 Å². The van der Waals surface area contributed by atoms with Crippen LogP contribution >= 0.6 is 0 Å². The molecule has 0 radical (unpaired) electrons. The van der Waals surface area contributed by atoms with Crippen LogP contribution in [0.5, 0.6) is 0 Å². The second-order valence-electron chi connectivity index (χ2n) is 6.18. The molecule has 0 aliphatic heterocycles. The van der Waals surface area contributed by atoms with Gasteiger partial charge in [-0.15, -0.1) is 0 Å². The number of aliphatic hydroxyl groups is 1. The molecule has 3 aromatic rings. The van der Waals surface area contributed by atoms with Crippen LogP contribution in [0.25, 0.3) is 11.2 Å². The number of hydrogen-bond donors (Lipinski definition) is 2. The maximum Gasteiger partial charge on any atom is 0.165 e. The lowest BCUT2D eigenvalue weighted by Crippen LogP contribution is -2.27. The van der Waals surface area contributed by atoms with E-state index < -0.39 is 0 Å². The Hall–Kier alpha value is -2.54. The Labute approximate surface area is 139 Å². The number of hydrogen-bond acceptors (Lipinski definition) is 6. The monoisotopic (exact) mass is 324 g/mol. The molecule has 7 heteroatoms. The molecule has 24 heavy (non-hydrogen) atoms. The Morgan fingerprint density at radius 3 is 2.96 bits per heavy atom. The molecule has 0 bridgehead atoms. The van der Waals surface area contributed by atoms with E-state index in [1.807, 2.05) is 22.9 Å². The van der Waals surface area contributed by atoms with Crippen molar-refractivity contribution < 1.29 is 5.11 Å². The lowest BCUT2D eigenvalue weighted by molar-refractivity contribution is 0.0770. The minimum atomic E-state index is -0.335. The predicted octanol–water partition coefficient (Wildman–Crippen LogP) is 2.31. The molecular weight excluding hydrogens is 304 g/mol. The van der Waals surface area contributed by atoms with E-state index in [9.17, 15) is 5.11 Å². The topological polar surface area (TPSA) is 88.8 Å². The molecular formula is C17H20N6O. The van der Waals surface area contributed by atoms with Crippen LogP contribution in [0.4, 0.5) is 5.82 Å². The van der Waals surface area contributed by atoms with Crippen molar-refractivity contribution in [2.75, 3.05) is 5.32 Å². The van der Waals surface area contributed by atoms with Gasteiger partial charge in [0.05, 0.1) is 18.5 Å². The number of imidazole rings is 1. The molecule has 0 saturated heterocycles. The molecule has 1 saturated carbocycles. The van der Waals surface area contributed by atoms with Crippen LogP contribution < -0.4 is 5.32 Å². The van der Waals surface area contributed by atoms with Gasteiger partial charge in [0.15, 0.2) is 11.5 Å². The van der Waals surface area contributed by atoms with Crippen LogP contribution in [0.2, 0.25) is 0 Å². The van der Waals surface area contributed by atoms with Crippen molar-refractivity contribution in [2.45, 2.75) is 44.4 Å². The van der Waals surface area contributed by atoms with Gasteiger partial charge in [-0.1, -0.05) is 18.9 Å². The Kier molecular flexibility index (Phi) is 4.08. The number of anilines is 1. The molecule has 1 fully saturated rings. The molecule has 0 aromatic carbocycles. The number of nitrogens with zero attached hydrogens (tertiary/aromatic N) is 5. The van der Waals surface area contributed by atoms with Gasteiger partial charge in [-0.3, -0.25) is 4.98 Å². The van der Waals surface area contributed by atoms with Crippen molar-refractivity contribution in [1.82, 2.24) is 24.5 Å². The van der Waals surface area contributed by atoms with E-state index in [2.05, 4.69) is 25.3 Å². The fraction of sp³-hybridized carbons (Fsp3) is 0.412. The zero-order valence-electron chi connectivity index (χ0n) is 13.3. The SMILES string of the molecule is O[C@@H]1CCCC[C@H]1n1cnc2c(NCc3cccnc3)ncnc21. The Bertz CT molecular complexity index is 818. The summed E-state index contributed by atoms with van der Waals surface area (Å²) in [5.41, 5.74) is 2.58. The highest BCUT2D eigenvalue weighted by Gasteiger charge is 2.26. The zero-order chi connectivity index (χ0) is 16.4. The Morgan fingerprint density at radius 1 is 1.21 bits per heavy atom. The standard InChI is InChI=1S/C17H20N6O/c24-14-6-2-1-5-13(14)23-11-22-15-16(20-10-21-17(15)23)19-9-12-4-3-7-18-8-12/h3-4,7-8,10-11,13-14,24H,1-2,5-6,9H2,(H,19,20,21)/t13-,14-/m1/s1. The maximum atomic E-state index is 10.3. The summed E-state index contributed by atoms with van der Waals surface area (Å²) in [6.45, 7) is 0.624. The molecule has 7 nitrogen and oxygen atoms in total. The van der Waals surface area contributed by atoms with Crippen molar-refractivity contribution in [3.63, 3.8) is 0 Å². The third kappa shape index (κ3) is 2.82. The minimum Gasteiger partial charge on any atom is -0.391 e. The maximum absolute atomic E-state index is 10.3. The van der Waals surface area contributed by atoms with Crippen molar-refractivity contribution in [2.24, 2.45) is 0 Å². The smallest absolute Gasteiger partial charge is 0.165 e. The van der Waals surface area contributed by atoms with Gasteiger partial charge >= 0.3 is 0 Å². The number of nitrogens with one attached hydrogen (secondary N) is 1. The Morgan fingerprint density at radius 2 is 2.12 bits per heavy atom. The summed E-state index contributed by atoms with van der Waals surface area (Å²) in [7, 11) is 0. The van der Waals surface area contributed by atoms with E-state index >= 15 is 0 Å². The first-order valence-corrected chi connectivity index (χ1v) is 8.31. The highest BCUT2D eigenvalue weighted by Crippen LogP contribution is 2.31. The lowest BCUT2D eigenvalue weighted by atomic mass is 9.92. The van der Waals surface area contributed by atoms with E-state index in [-0.39, 0.29) is 12.1 Å². The Balaban J connectivity index is 1.61. The molecule has 2 atom stereocenters. The first-order valence-electron chi connectivity index (χ1n) is 8.31. The van der Waals surface area contributed by atoms with E-state index in [1.54, 1.807) is 18.9 Å². The largest absolute Gasteiger partial charge is 0.391 e. The molecule has 124 valence electrons. The third-order valence-electron chi connectivity index (χ3n) is 4.59. The van der Waals surface area contributed by atoms with Gasteiger partial charge in [0.1, 0.15) is 11.8 Å². The van der Waals surface area contributed by atoms with Crippen molar-refractivity contribution >= 4 is 17.0 Å². The second kappa shape index (κ2) is 6.52. The van der Waals surface area contributed by atoms with Gasteiger partial charge in [0, 0.05) is 18.9 Å². The van der Waals surface area contributed by atoms with E-state index in [1.165, 1.54) is 0 Å². The number of aromatic nitrogens is 5. The first kappa shape index (κ1) is 15.0. The first-order chi connectivity index (χ1) is 11.8. The number of fused-ring (bicyclic) bond motifs is 1. The average molecular weight is 324 g/mol. The van der Waals surface area contributed by atoms with E-state index in [0.717, 1.165) is 42.4 Å². The van der Waals surface area contributed by atoms with Crippen LogP contribution in [-0.4, -0.2) is 35.7 Å². The van der Waals surface area contributed by atoms with Crippen molar-refractivity contribution in [1.29, 1.82) is 0 Å². The van der Waals surface area contributed by atoms with Gasteiger partial charge in [-0.25, -0.2) is 15.0 Å². The summed E-state index contributed by atoms with van der Waals surface area (Å²) in [4.78, 5) is 17.3. The van der Waals surface area contributed by atoms with Gasteiger partial charge in [0.25, 0.3) is 0 Å². The molecule has 0 amide bonds. The molecule has 4 rings (SSSR count). The summed E-state index contributed by atoms with van der Waals surface area (Å²) in [5, 5.41) is 13.6. The number of pyridine rings is 1. The fourth-order valence-electron chi connectivity index (χ4n) is 3.33. The predicted molar refractivity (Wildman–Crippen MR) is 90.4 cm³/mol. The molecule has 1 aliphatic carbocycles. The molecule has 0 spiro atoms. The highest BCUT2D eigenvalue weighted by molar-refractivity contribution is 5.82. The van der Waals surface area contributed by atoms with Gasteiger partial charge < -0.3 is 15.0 Å². The molecule has 2 N–H and O–H groups in total. The average Bonchev–Trinajstić information content (AvgIpc) is 3.06. The van der Waals surface area contributed by atoms with Crippen molar-refractivity contribution in [3.05, 3.63) is 42.7 Å². The highest BCUT2D eigenvalue weighted by atomic mass is 16.3. The van der Waals surface area contributed by atoms with Crippen LogP contribution in [0.3, 0.4) is 0 Å². The van der Waals surface area contributed by atoms with Crippen LogP contribution in [-0.2, 0) is 6.54 Å². The van der Waals surface area contributed by atoms with E-state index in [0.29, 0.717) is 12.4 Å². The summed E-state index contributed by atoms with van der Waals surface area (Å²) in [6, 6.07) is 3.96. The van der Waals surface area contributed by atoms with Gasteiger partial charge in [0.2, 0.25) is 0 Å². The third-order valence-corrected chi connectivity index (χ3v) is 4.59. The lowest BCUT2D eigenvalue weighted by Gasteiger charge is -2.28. The fourth-order valence-corrected chi connectivity index (χ4v) is 3.33. The number of rotatable bonds is 4. The summed E-state index contributed by atoms with van der Waals surface area (Å²) >= 11 is 0. The van der Waals surface area contributed by atoms with Crippen LogP contribution in [0, 0.1) is 0 Å². The van der Waals surface area contributed by atoms with Gasteiger partial charge in [-0.2, -0.15) is 0 Å². The zero-order valence-corrected chi connectivity index (χ0v) is 13.3. The quantitative estimate of drug-likeness (QED) is 0.765. The molecule has 3 heterocycles. The minimum absolute atomic E-state index is 0.0461.